The Morgan fingerprint density at radius 1 is 1.27 bits per heavy atom. The van der Waals surface area contributed by atoms with Crippen LogP contribution in [0.2, 0.25) is 0 Å². The van der Waals surface area contributed by atoms with Crippen LogP contribution in [0.5, 0.6) is 0 Å². The van der Waals surface area contributed by atoms with Gasteiger partial charge in [-0.05, 0) is 31.7 Å². The van der Waals surface area contributed by atoms with Gasteiger partial charge in [0.25, 0.3) is 5.91 Å². The number of carbonyl (C=O) groups excluding carboxylic acids is 1. The van der Waals surface area contributed by atoms with E-state index in [0.717, 1.165) is 22.7 Å². The number of likely N-dealkylation sites (tertiary alicyclic amines) is 1. The fourth-order valence-corrected chi connectivity index (χ4v) is 3.85. The second-order valence-corrected chi connectivity index (χ2v) is 7.98. The number of carbonyl (C=O) groups is 1. The monoisotopic (exact) mass is 420 g/mol. The molecule has 0 N–H and O–H groups in total. The highest BCUT2D eigenvalue weighted by Gasteiger charge is 2.37. The van der Waals surface area contributed by atoms with Crippen LogP contribution in [-0.4, -0.2) is 41.7 Å². The fraction of sp³-hybridized carbons (Fsp3) is 0.500. The average Bonchev–Trinajstić information content (AvgIpc) is 3.38. The van der Waals surface area contributed by atoms with Gasteiger partial charge in [-0.2, -0.15) is 23.4 Å². The minimum absolute atomic E-state index is 0.139. The van der Waals surface area contributed by atoms with Crippen molar-refractivity contribution in [2.75, 3.05) is 6.54 Å². The lowest BCUT2D eigenvalue weighted by Gasteiger charge is -2.23. The van der Waals surface area contributed by atoms with E-state index in [4.69, 9.17) is 0 Å². The number of aryl methyl sites for hydroxylation is 1. The number of hydrogen-bond acceptors (Lipinski definition) is 4. The molecule has 0 aliphatic carbocycles. The average molecular weight is 420 g/mol. The summed E-state index contributed by atoms with van der Waals surface area (Å²) in [5, 5.41) is 8.36. The Balaban J connectivity index is 1.77. The highest BCUT2D eigenvalue weighted by Crippen LogP contribution is 2.36. The van der Waals surface area contributed by atoms with Crippen molar-refractivity contribution in [3.05, 3.63) is 46.7 Å². The maximum Gasteiger partial charge on any atom is 0.433 e. The molecule has 3 aromatic heterocycles. The van der Waals surface area contributed by atoms with Crippen LogP contribution in [0.25, 0.3) is 5.65 Å². The minimum atomic E-state index is -4.56. The third-order valence-corrected chi connectivity index (χ3v) is 5.67. The smallest absolute Gasteiger partial charge is 0.330 e. The molecule has 0 aromatic carbocycles. The van der Waals surface area contributed by atoms with Crippen LogP contribution in [0.3, 0.4) is 0 Å². The molecule has 0 unspecified atom stereocenters. The van der Waals surface area contributed by atoms with E-state index in [9.17, 15) is 18.0 Å². The zero-order valence-corrected chi connectivity index (χ0v) is 17.2. The van der Waals surface area contributed by atoms with E-state index in [1.54, 1.807) is 36.5 Å². The minimum Gasteiger partial charge on any atom is -0.330 e. The van der Waals surface area contributed by atoms with Gasteiger partial charge in [0.2, 0.25) is 0 Å². The quantitative estimate of drug-likeness (QED) is 0.645. The van der Waals surface area contributed by atoms with E-state index >= 15 is 0 Å². The molecule has 1 saturated heterocycles. The van der Waals surface area contributed by atoms with Crippen LogP contribution in [0.4, 0.5) is 13.2 Å². The zero-order valence-electron chi connectivity index (χ0n) is 17.2. The molecule has 1 amide bonds. The predicted octanol–water partition coefficient (Wildman–Crippen LogP) is 3.89. The van der Waals surface area contributed by atoms with E-state index in [0.29, 0.717) is 29.9 Å². The molecule has 160 valence electrons. The van der Waals surface area contributed by atoms with Crippen molar-refractivity contribution < 1.29 is 18.0 Å². The largest absolute Gasteiger partial charge is 0.433 e. The highest BCUT2D eigenvalue weighted by atomic mass is 19.4. The normalized spacial score (nSPS) is 17.5. The van der Waals surface area contributed by atoms with Crippen LogP contribution >= 0.6 is 0 Å². The van der Waals surface area contributed by atoms with Gasteiger partial charge in [0.05, 0.1) is 23.5 Å². The number of amides is 1. The highest BCUT2D eigenvalue weighted by molar-refractivity contribution is 5.95. The third-order valence-electron chi connectivity index (χ3n) is 5.67. The molecule has 1 atom stereocenters. The standard InChI is InChI=1S/C20H23F3N6O/c1-11(2)14-8-17(20(21,22)23)29-18(25-14)9-15(26-29)16-6-5-7-28(16)19(30)13-10-24-27(4)12(13)3/h8-11,16H,5-7H2,1-4H3/t16-/m0/s1. The summed E-state index contributed by atoms with van der Waals surface area (Å²) in [4.78, 5) is 19.1. The molecule has 1 aliphatic heterocycles. The molecular formula is C20H23F3N6O. The molecular weight excluding hydrogens is 397 g/mol. The lowest BCUT2D eigenvalue weighted by molar-refractivity contribution is -0.142. The molecule has 4 heterocycles. The Hall–Kier alpha value is -2.91. The zero-order chi connectivity index (χ0) is 21.8. The lowest BCUT2D eigenvalue weighted by atomic mass is 10.1. The van der Waals surface area contributed by atoms with Crippen molar-refractivity contribution in [3.8, 4) is 0 Å². The van der Waals surface area contributed by atoms with E-state index in [1.165, 1.54) is 6.20 Å². The Morgan fingerprint density at radius 2 is 2.00 bits per heavy atom. The van der Waals surface area contributed by atoms with Crippen LogP contribution in [-0.2, 0) is 13.2 Å². The summed E-state index contributed by atoms with van der Waals surface area (Å²) in [5.74, 6) is -0.348. The summed E-state index contributed by atoms with van der Waals surface area (Å²) >= 11 is 0. The fourth-order valence-electron chi connectivity index (χ4n) is 3.85. The first-order valence-corrected chi connectivity index (χ1v) is 9.85. The number of alkyl halides is 3. The van der Waals surface area contributed by atoms with E-state index in [1.807, 2.05) is 6.92 Å². The van der Waals surface area contributed by atoms with Gasteiger partial charge in [-0.3, -0.25) is 9.48 Å². The van der Waals surface area contributed by atoms with Gasteiger partial charge < -0.3 is 4.90 Å². The lowest BCUT2D eigenvalue weighted by Crippen LogP contribution is -2.31. The number of halogens is 3. The van der Waals surface area contributed by atoms with E-state index in [2.05, 4.69) is 15.2 Å². The number of hydrogen-bond donors (Lipinski definition) is 0. The molecule has 3 aromatic rings. The SMILES string of the molecule is Cc1c(C(=O)N2CCC[C@H]2c2cc3nc(C(C)C)cc(C(F)(F)F)n3n2)cnn1C. The molecule has 0 bridgehead atoms. The summed E-state index contributed by atoms with van der Waals surface area (Å²) < 4.78 is 43.4. The number of fused-ring (bicyclic) bond motifs is 1. The summed E-state index contributed by atoms with van der Waals surface area (Å²) in [5.41, 5.74) is 1.28. The maximum absolute atomic E-state index is 13.7. The van der Waals surface area contributed by atoms with Gasteiger partial charge in [-0.1, -0.05) is 13.8 Å². The second kappa shape index (κ2) is 7.10. The third kappa shape index (κ3) is 3.33. The Morgan fingerprint density at radius 3 is 2.60 bits per heavy atom. The van der Waals surface area contributed by atoms with Gasteiger partial charge in [-0.15, -0.1) is 0 Å². The molecule has 0 spiro atoms. The Labute approximate surface area is 171 Å². The van der Waals surface area contributed by atoms with Crippen LogP contribution in [0.1, 0.15) is 71.8 Å². The summed E-state index contributed by atoms with van der Waals surface area (Å²) in [6, 6.07) is 2.21. The van der Waals surface area contributed by atoms with Gasteiger partial charge in [0.15, 0.2) is 5.65 Å². The summed E-state index contributed by atoms with van der Waals surface area (Å²) in [6.45, 7) is 5.92. The van der Waals surface area contributed by atoms with E-state index in [-0.39, 0.29) is 17.5 Å². The van der Waals surface area contributed by atoms with Crippen molar-refractivity contribution in [3.63, 3.8) is 0 Å². The van der Waals surface area contributed by atoms with Crippen molar-refractivity contribution >= 4 is 11.6 Å². The van der Waals surface area contributed by atoms with Gasteiger partial charge in [-0.25, -0.2) is 9.50 Å². The van der Waals surface area contributed by atoms with Gasteiger partial charge >= 0.3 is 6.18 Å². The maximum atomic E-state index is 13.7. The first-order chi connectivity index (χ1) is 14.1. The molecule has 0 radical (unpaired) electrons. The molecule has 4 rings (SSSR count). The summed E-state index contributed by atoms with van der Waals surface area (Å²) in [6.07, 6.45) is -1.66. The molecule has 1 aliphatic rings. The second-order valence-electron chi connectivity index (χ2n) is 7.98. The molecule has 10 heteroatoms. The summed E-state index contributed by atoms with van der Waals surface area (Å²) in [7, 11) is 1.76. The molecule has 7 nitrogen and oxygen atoms in total. The van der Waals surface area contributed by atoms with Crippen molar-refractivity contribution in [1.29, 1.82) is 0 Å². The first-order valence-electron chi connectivity index (χ1n) is 9.85. The number of rotatable bonds is 3. The number of nitrogens with zero attached hydrogens (tertiary/aromatic N) is 6. The molecule has 30 heavy (non-hydrogen) atoms. The van der Waals surface area contributed by atoms with Crippen LogP contribution < -0.4 is 0 Å². The van der Waals surface area contributed by atoms with Crippen LogP contribution in [0.15, 0.2) is 18.3 Å². The van der Waals surface area contributed by atoms with E-state index < -0.39 is 17.9 Å². The van der Waals surface area contributed by atoms with Crippen molar-refractivity contribution in [1.82, 2.24) is 29.3 Å². The van der Waals surface area contributed by atoms with Crippen molar-refractivity contribution in [2.45, 2.75) is 51.7 Å². The van der Waals surface area contributed by atoms with Gasteiger partial charge in [0, 0.05) is 31.0 Å². The first kappa shape index (κ1) is 20.4. The molecule has 0 saturated carbocycles. The van der Waals surface area contributed by atoms with Crippen molar-refractivity contribution in [2.24, 2.45) is 7.05 Å². The predicted molar refractivity (Wildman–Crippen MR) is 103 cm³/mol. The Kier molecular flexibility index (Phi) is 4.82. The molecule has 1 fully saturated rings. The number of aromatic nitrogens is 5. The topological polar surface area (TPSA) is 68.3 Å². The Bertz CT molecular complexity index is 1110. The van der Waals surface area contributed by atoms with Crippen LogP contribution in [0, 0.1) is 6.92 Å². The van der Waals surface area contributed by atoms with Gasteiger partial charge in [0.1, 0.15) is 5.69 Å².